The fourth-order valence-corrected chi connectivity index (χ4v) is 2.71. The molecular formula is C15H12F3N5O. The van der Waals surface area contributed by atoms with Gasteiger partial charge in [-0.25, -0.2) is 0 Å². The van der Waals surface area contributed by atoms with Crippen molar-refractivity contribution in [2.24, 2.45) is 0 Å². The Labute approximate surface area is 134 Å². The molecule has 2 aromatic heterocycles. The first-order valence-corrected chi connectivity index (χ1v) is 7.30. The molecule has 0 bridgehead atoms. The summed E-state index contributed by atoms with van der Waals surface area (Å²) in [5.41, 5.74) is 0.991. The topological polar surface area (TPSA) is 64.3 Å². The number of fused-ring (bicyclic) bond motifs is 2. The van der Waals surface area contributed by atoms with Gasteiger partial charge in [-0.05, 0) is 18.2 Å². The highest BCUT2D eigenvalue weighted by Gasteiger charge is 2.37. The maximum atomic E-state index is 12.9. The quantitative estimate of drug-likeness (QED) is 0.780. The summed E-state index contributed by atoms with van der Waals surface area (Å²) < 4.78 is 45.1. The van der Waals surface area contributed by atoms with E-state index in [1.54, 1.807) is 6.07 Å². The summed E-state index contributed by atoms with van der Waals surface area (Å²) in [5.74, 6) is -0.0642. The van der Waals surface area contributed by atoms with E-state index < -0.39 is 12.0 Å². The van der Waals surface area contributed by atoms with Crippen LogP contribution in [0.25, 0.3) is 5.65 Å². The Hall–Kier alpha value is -2.84. The van der Waals surface area contributed by atoms with Gasteiger partial charge in [0, 0.05) is 12.0 Å². The highest BCUT2D eigenvalue weighted by molar-refractivity contribution is 5.48. The third-order valence-corrected chi connectivity index (χ3v) is 3.80. The first-order chi connectivity index (χ1) is 11.5. The monoisotopic (exact) mass is 335 g/mol. The molecule has 0 spiro atoms. The Morgan fingerprint density at radius 3 is 2.79 bits per heavy atom. The van der Waals surface area contributed by atoms with Crippen LogP contribution in [-0.2, 0) is 6.18 Å². The van der Waals surface area contributed by atoms with Crippen molar-refractivity contribution in [2.45, 2.75) is 18.6 Å². The second-order valence-electron chi connectivity index (χ2n) is 5.38. The predicted molar refractivity (Wildman–Crippen MR) is 78.7 cm³/mol. The fraction of sp³-hybridized carbons (Fsp3) is 0.267. The molecule has 3 heterocycles. The lowest BCUT2D eigenvalue weighted by Crippen LogP contribution is -2.21. The van der Waals surface area contributed by atoms with Gasteiger partial charge in [-0.1, -0.05) is 18.2 Å². The Morgan fingerprint density at radius 2 is 1.96 bits per heavy atom. The number of para-hydroxylation sites is 1. The van der Waals surface area contributed by atoms with E-state index in [0.29, 0.717) is 23.4 Å². The summed E-state index contributed by atoms with van der Waals surface area (Å²) in [5, 5.41) is 13.8. The molecule has 3 aromatic rings. The molecular weight excluding hydrogens is 323 g/mol. The molecule has 1 atom stereocenters. The van der Waals surface area contributed by atoms with Crippen LogP contribution >= 0.6 is 0 Å². The molecule has 9 heteroatoms. The van der Waals surface area contributed by atoms with Gasteiger partial charge in [-0.15, -0.1) is 15.3 Å². The molecule has 4 rings (SSSR count). The standard InChI is InChI=1S/C15H12F3N5O/c16-15(17,18)14-21-20-13-6-5-12(22-23(13)14)19-10-7-8-24-11-4-2-1-3-9(10)11/h1-6,10H,7-8H2,(H,19,22). The Morgan fingerprint density at radius 1 is 1.12 bits per heavy atom. The van der Waals surface area contributed by atoms with Crippen LogP contribution in [0.4, 0.5) is 19.0 Å². The van der Waals surface area contributed by atoms with E-state index >= 15 is 0 Å². The van der Waals surface area contributed by atoms with Crippen LogP contribution in [0.15, 0.2) is 36.4 Å². The molecule has 0 saturated carbocycles. The molecule has 124 valence electrons. The van der Waals surface area contributed by atoms with Gasteiger partial charge < -0.3 is 10.1 Å². The lowest BCUT2D eigenvalue weighted by molar-refractivity contribution is -0.146. The third-order valence-electron chi connectivity index (χ3n) is 3.80. The van der Waals surface area contributed by atoms with E-state index in [-0.39, 0.29) is 11.7 Å². The van der Waals surface area contributed by atoms with Crippen molar-refractivity contribution < 1.29 is 17.9 Å². The minimum absolute atomic E-state index is 0.0419. The van der Waals surface area contributed by atoms with Gasteiger partial charge in [0.2, 0.25) is 0 Å². The maximum absolute atomic E-state index is 12.9. The van der Waals surface area contributed by atoms with Crippen molar-refractivity contribution in [1.29, 1.82) is 0 Å². The predicted octanol–water partition coefficient (Wildman–Crippen LogP) is 3.08. The van der Waals surface area contributed by atoms with Crippen LogP contribution < -0.4 is 10.1 Å². The lowest BCUT2D eigenvalue weighted by Gasteiger charge is -2.26. The Bertz CT molecular complexity index is 892. The number of hydrogen-bond acceptors (Lipinski definition) is 5. The molecule has 1 aromatic carbocycles. The van der Waals surface area contributed by atoms with Crippen molar-refractivity contribution in [3.05, 3.63) is 47.8 Å². The number of alkyl halides is 3. The Kier molecular flexibility index (Phi) is 3.29. The van der Waals surface area contributed by atoms with Crippen LogP contribution in [0.1, 0.15) is 23.9 Å². The normalized spacial score (nSPS) is 17.4. The number of ether oxygens (including phenoxy) is 1. The number of anilines is 1. The van der Waals surface area contributed by atoms with Gasteiger partial charge in [0.15, 0.2) is 5.65 Å². The molecule has 1 aliphatic heterocycles. The van der Waals surface area contributed by atoms with E-state index in [1.807, 2.05) is 24.3 Å². The molecule has 6 nitrogen and oxygen atoms in total. The van der Waals surface area contributed by atoms with Crippen molar-refractivity contribution in [2.75, 3.05) is 11.9 Å². The molecule has 1 unspecified atom stereocenters. The first-order valence-electron chi connectivity index (χ1n) is 7.30. The number of aromatic nitrogens is 4. The second-order valence-corrected chi connectivity index (χ2v) is 5.38. The highest BCUT2D eigenvalue weighted by atomic mass is 19.4. The van der Waals surface area contributed by atoms with Crippen LogP contribution in [0, 0.1) is 0 Å². The molecule has 24 heavy (non-hydrogen) atoms. The minimum atomic E-state index is -4.61. The van der Waals surface area contributed by atoms with Gasteiger partial charge in [-0.3, -0.25) is 0 Å². The number of halogens is 3. The molecule has 0 aliphatic carbocycles. The maximum Gasteiger partial charge on any atom is 0.453 e. The Balaban J connectivity index is 1.69. The summed E-state index contributed by atoms with van der Waals surface area (Å²) in [4.78, 5) is 0. The zero-order valence-corrected chi connectivity index (χ0v) is 12.3. The lowest BCUT2D eigenvalue weighted by atomic mass is 10.0. The summed E-state index contributed by atoms with van der Waals surface area (Å²) in [6, 6.07) is 10.5. The summed E-state index contributed by atoms with van der Waals surface area (Å²) in [6.07, 6.45) is -3.93. The van der Waals surface area contributed by atoms with Crippen LogP contribution in [0.2, 0.25) is 0 Å². The number of hydrogen-bond donors (Lipinski definition) is 1. The van der Waals surface area contributed by atoms with E-state index in [0.717, 1.165) is 11.3 Å². The average Bonchev–Trinajstić information content (AvgIpc) is 2.99. The zero-order chi connectivity index (χ0) is 16.7. The molecule has 0 saturated heterocycles. The van der Waals surface area contributed by atoms with Crippen molar-refractivity contribution in [3.63, 3.8) is 0 Å². The van der Waals surface area contributed by atoms with Gasteiger partial charge in [0.05, 0.1) is 12.6 Å². The minimum Gasteiger partial charge on any atom is -0.493 e. The SMILES string of the molecule is FC(F)(F)c1nnc2ccc(NC3CCOc4ccccc43)nn12. The van der Waals surface area contributed by atoms with Gasteiger partial charge in [0.1, 0.15) is 11.6 Å². The number of benzene rings is 1. The van der Waals surface area contributed by atoms with Gasteiger partial charge in [-0.2, -0.15) is 17.7 Å². The summed E-state index contributed by atoms with van der Waals surface area (Å²) in [6.45, 7) is 0.525. The van der Waals surface area contributed by atoms with Crippen LogP contribution in [0.3, 0.4) is 0 Å². The number of rotatable bonds is 2. The van der Waals surface area contributed by atoms with E-state index in [2.05, 4.69) is 20.6 Å². The van der Waals surface area contributed by atoms with E-state index in [9.17, 15) is 13.2 Å². The highest BCUT2D eigenvalue weighted by Crippen LogP contribution is 2.34. The third kappa shape index (κ3) is 2.51. The number of nitrogens with one attached hydrogen (secondary N) is 1. The zero-order valence-electron chi connectivity index (χ0n) is 12.3. The summed E-state index contributed by atoms with van der Waals surface area (Å²) in [7, 11) is 0. The fourth-order valence-electron chi connectivity index (χ4n) is 2.71. The van der Waals surface area contributed by atoms with Gasteiger partial charge >= 0.3 is 6.18 Å². The van der Waals surface area contributed by atoms with E-state index in [4.69, 9.17) is 4.74 Å². The smallest absolute Gasteiger partial charge is 0.453 e. The van der Waals surface area contributed by atoms with E-state index in [1.165, 1.54) is 6.07 Å². The van der Waals surface area contributed by atoms with Crippen LogP contribution in [-0.4, -0.2) is 26.4 Å². The number of nitrogens with zero attached hydrogens (tertiary/aromatic N) is 4. The molecule has 1 aliphatic rings. The van der Waals surface area contributed by atoms with Crippen molar-refractivity contribution in [3.8, 4) is 5.75 Å². The second kappa shape index (κ2) is 5.36. The van der Waals surface area contributed by atoms with Crippen LogP contribution in [0.5, 0.6) is 5.75 Å². The molecule has 0 radical (unpaired) electrons. The molecule has 0 amide bonds. The van der Waals surface area contributed by atoms with Crippen molar-refractivity contribution in [1.82, 2.24) is 19.8 Å². The first kappa shape index (κ1) is 14.7. The summed E-state index contributed by atoms with van der Waals surface area (Å²) >= 11 is 0. The largest absolute Gasteiger partial charge is 0.493 e. The average molecular weight is 335 g/mol. The molecule has 0 fully saturated rings. The molecule has 1 N–H and O–H groups in total. The van der Waals surface area contributed by atoms with Crippen molar-refractivity contribution >= 4 is 11.5 Å². The van der Waals surface area contributed by atoms with Gasteiger partial charge in [0.25, 0.3) is 5.82 Å².